The van der Waals surface area contributed by atoms with E-state index in [-0.39, 0.29) is 5.84 Å². The summed E-state index contributed by atoms with van der Waals surface area (Å²) < 4.78 is 0. The van der Waals surface area contributed by atoms with Crippen molar-refractivity contribution in [3.05, 3.63) is 28.8 Å². The van der Waals surface area contributed by atoms with Crippen molar-refractivity contribution in [2.24, 2.45) is 10.9 Å². The maximum atomic E-state index is 8.63. The fraction of sp³-hybridized carbons (Fsp3) is 0.462. The zero-order valence-electron chi connectivity index (χ0n) is 10.9. The summed E-state index contributed by atoms with van der Waals surface area (Å²) in [5.74, 6) is 0.0280. The smallest absolute Gasteiger partial charge is 0.171 e. The summed E-state index contributed by atoms with van der Waals surface area (Å²) in [5.41, 5.74) is 7.10. The highest BCUT2D eigenvalue weighted by molar-refractivity contribution is 6.34. The Hall–Kier alpha value is -1.42. The van der Waals surface area contributed by atoms with Gasteiger partial charge in [0.05, 0.1) is 5.02 Å². The zero-order chi connectivity index (χ0) is 13.5. The van der Waals surface area contributed by atoms with Gasteiger partial charge in [-0.15, -0.1) is 0 Å². The van der Waals surface area contributed by atoms with Gasteiger partial charge in [-0.2, -0.15) is 0 Å². The largest absolute Gasteiger partial charge is 0.409 e. The van der Waals surface area contributed by atoms with Crippen molar-refractivity contribution in [3.63, 3.8) is 0 Å². The second kappa shape index (κ2) is 7.11. The summed E-state index contributed by atoms with van der Waals surface area (Å²) in [7, 11) is 2.03. The lowest BCUT2D eigenvalue weighted by molar-refractivity contribution is 0.318. The Morgan fingerprint density at radius 3 is 2.72 bits per heavy atom. The highest BCUT2D eigenvalue weighted by Gasteiger charge is 2.08. The maximum Gasteiger partial charge on any atom is 0.171 e. The molecule has 0 atom stereocenters. The topological polar surface area (TPSA) is 61.8 Å². The molecule has 0 saturated heterocycles. The summed E-state index contributed by atoms with van der Waals surface area (Å²) in [4.78, 5) is 2.15. The summed E-state index contributed by atoms with van der Waals surface area (Å²) in [5, 5.41) is 12.1. The third kappa shape index (κ3) is 3.81. The molecule has 4 nitrogen and oxygen atoms in total. The molecule has 0 aliphatic heterocycles. The van der Waals surface area contributed by atoms with Gasteiger partial charge < -0.3 is 15.8 Å². The van der Waals surface area contributed by atoms with Gasteiger partial charge in [-0.1, -0.05) is 36.5 Å². The number of amidine groups is 1. The number of nitrogens with two attached hydrogens (primary N) is 1. The van der Waals surface area contributed by atoms with Crippen LogP contribution in [0.3, 0.4) is 0 Å². The molecule has 0 radical (unpaired) electrons. The second-order valence-electron chi connectivity index (χ2n) is 4.28. The summed E-state index contributed by atoms with van der Waals surface area (Å²) in [6.45, 7) is 3.18. The third-order valence-corrected chi connectivity index (χ3v) is 3.19. The highest BCUT2D eigenvalue weighted by Crippen LogP contribution is 2.23. The van der Waals surface area contributed by atoms with Crippen molar-refractivity contribution >= 4 is 23.1 Å². The van der Waals surface area contributed by atoms with Gasteiger partial charge in [-0.3, -0.25) is 0 Å². The molecule has 0 fully saturated rings. The minimum absolute atomic E-state index is 0.0280. The second-order valence-corrected chi connectivity index (χ2v) is 4.69. The molecule has 18 heavy (non-hydrogen) atoms. The van der Waals surface area contributed by atoms with Gasteiger partial charge in [0.1, 0.15) is 0 Å². The van der Waals surface area contributed by atoms with Gasteiger partial charge in [-0.05, 0) is 24.6 Å². The molecule has 0 aromatic heterocycles. The molecule has 1 aromatic rings. The van der Waals surface area contributed by atoms with Crippen molar-refractivity contribution in [3.8, 4) is 0 Å². The first-order chi connectivity index (χ1) is 8.60. The number of halogens is 1. The van der Waals surface area contributed by atoms with Gasteiger partial charge >= 0.3 is 0 Å². The third-order valence-electron chi connectivity index (χ3n) is 2.87. The minimum Gasteiger partial charge on any atom is -0.409 e. The normalized spacial score (nSPS) is 11.6. The molecule has 1 rings (SSSR count). The van der Waals surface area contributed by atoms with Crippen LogP contribution in [0.25, 0.3) is 0 Å². The molecule has 0 amide bonds. The lowest BCUT2D eigenvalue weighted by Crippen LogP contribution is -2.19. The lowest BCUT2D eigenvalue weighted by atomic mass is 10.1. The Morgan fingerprint density at radius 2 is 2.17 bits per heavy atom. The predicted octanol–water partition coefficient (Wildman–Crippen LogP) is 3.06. The van der Waals surface area contributed by atoms with Gasteiger partial charge in [0, 0.05) is 24.8 Å². The Labute approximate surface area is 113 Å². The van der Waals surface area contributed by atoms with E-state index in [0.717, 1.165) is 18.7 Å². The molecule has 0 bridgehead atoms. The van der Waals surface area contributed by atoms with Gasteiger partial charge in [-0.25, -0.2) is 0 Å². The summed E-state index contributed by atoms with van der Waals surface area (Å²) in [6, 6.07) is 5.52. The number of hydrogen-bond donors (Lipinski definition) is 2. The minimum atomic E-state index is 0.0280. The number of oxime groups is 1. The van der Waals surface area contributed by atoms with E-state index >= 15 is 0 Å². The number of benzene rings is 1. The van der Waals surface area contributed by atoms with Crippen LogP contribution in [0, 0.1) is 0 Å². The molecule has 0 aliphatic carbocycles. The quantitative estimate of drug-likeness (QED) is 0.274. The monoisotopic (exact) mass is 269 g/mol. The number of rotatable bonds is 6. The van der Waals surface area contributed by atoms with Crippen molar-refractivity contribution in [1.82, 2.24) is 0 Å². The molecule has 0 heterocycles. The van der Waals surface area contributed by atoms with Crippen molar-refractivity contribution < 1.29 is 5.21 Å². The van der Waals surface area contributed by atoms with Crippen molar-refractivity contribution in [2.45, 2.75) is 26.2 Å². The molecule has 0 unspecified atom stereocenters. The van der Waals surface area contributed by atoms with E-state index in [2.05, 4.69) is 17.0 Å². The van der Waals surface area contributed by atoms with Gasteiger partial charge in [0.25, 0.3) is 0 Å². The number of unbranched alkanes of at least 4 members (excludes halogenated alkanes) is 2. The standard InChI is InChI=1S/C13H20ClN3O/c1-3-4-5-8-17(2)10-6-7-11(12(14)9-10)13(15)16-18/h6-7,9,18H,3-5,8H2,1-2H3,(H2,15,16). The highest BCUT2D eigenvalue weighted by atomic mass is 35.5. The van der Waals surface area contributed by atoms with E-state index in [1.165, 1.54) is 12.8 Å². The lowest BCUT2D eigenvalue weighted by Gasteiger charge is -2.20. The van der Waals surface area contributed by atoms with Crippen LogP contribution in [-0.4, -0.2) is 24.6 Å². The average Bonchev–Trinajstić information content (AvgIpc) is 2.38. The van der Waals surface area contributed by atoms with E-state index in [1.807, 2.05) is 19.2 Å². The molecule has 5 heteroatoms. The van der Waals surface area contributed by atoms with E-state index in [1.54, 1.807) is 6.07 Å². The van der Waals surface area contributed by atoms with Gasteiger partial charge in [0.15, 0.2) is 5.84 Å². The van der Waals surface area contributed by atoms with Crippen LogP contribution in [-0.2, 0) is 0 Å². The zero-order valence-corrected chi connectivity index (χ0v) is 11.6. The molecule has 0 saturated carbocycles. The molecule has 0 aliphatic rings. The first-order valence-electron chi connectivity index (χ1n) is 6.08. The molecule has 3 N–H and O–H groups in total. The van der Waals surface area contributed by atoms with Crippen LogP contribution in [0.2, 0.25) is 5.02 Å². The van der Waals surface area contributed by atoms with E-state index in [0.29, 0.717) is 10.6 Å². The van der Waals surface area contributed by atoms with Crippen molar-refractivity contribution in [2.75, 3.05) is 18.5 Å². The summed E-state index contributed by atoms with van der Waals surface area (Å²) in [6.07, 6.45) is 3.59. The fourth-order valence-electron chi connectivity index (χ4n) is 1.73. The molecular formula is C13H20ClN3O. The number of anilines is 1. The molecule has 0 spiro atoms. The van der Waals surface area contributed by atoms with Crippen LogP contribution in [0.1, 0.15) is 31.7 Å². The van der Waals surface area contributed by atoms with Crippen LogP contribution in [0.15, 0.2) is 23.4 Å². The SMILES string of the molecule is CCCCCN(C)c1ccc(C(N)=NO)c(Cl)c1. The van der Waals surface area contributed by atoms with Crippen LogP contribution >= 0.6 is 11.6 Å². The average molecular weight is 270 g/mol. The Bertz CT molecular complexity index is 421. The number of nitrogens with zero attached hydrogens (tertiary/aromatic N) is 2. The van der Waals surface area contributed by atoms with Gasteiger partial charge in [0.2, 0.25) is 0 Å². The Balaban J connectivity index is 2.77. The fourth-order valence-corrected chi connectivity index (χ4v) is 2.00. The van der Waals surface area contributed by atoms with E-state index < -0.39 is 0 Å². The van der Waals surface area contributed by atoms with Crippen LogP contribution < -0.4 is 10.6 Å². The van der Waals surface area contributed by atoms with Crippen LogP contribution in [0.4, 0.5) is 5.69 Å². The maximum absolute atomic E-state index is 8.63. The first-order valence-corrected chi connectivity index (χ1v) is 6.46. The van der Waals surface area contributed by atoms with Crippen LogP contribution in [0.5, 0.6) is 0 Å². The Morgan fingerprint density at radius 1 is 1.44 bits per heavy atom. The van der Waals surface area contributed by atoms with Crippen molar-refractivity contribution in [1.29, 1.82) is 0 Å². The van der Waals surface area contributed by atoms with E-state index in [9.17, 15) is 0 Å². The number of hydrogen-bond acceptors (Lipinski definition) is 3. The molecule has 1 aromatic carbocycles. The Kier molecular flexibility index (Phi) is 5.78. The first kappa shape index (κ1) is 14.6. The summed E-state index contributed by atoms with van der Waals surface area (Å²) >= 11 is 6.11. The molecule has 100 valence electrons. The van der Waals surface area contributed by atoms with E-state index in [4.69, 9.17) is 22.5 Å². The molecular weight excluding hydrogens is 250 g/mol. The predicted molar refractivity (Wildman–Crippen MR) is 76.8 cm³/mol.